The highest BCUT2D eigenvalue weighted by molar-refractivity contribution is 5.26. The first-order chi connectivity index (χ1) is 9.95. The maximum Gasteiger partial charge on any atom is 0.416 e. The van der Waals surface area contributed by atoms with Gasteiger partial charge in [0.05, 0.1) is 5.56 Å². The summed E-state index contributed by atoms with van der Waals surface area (Å²) in [6.45, 7) is 1.04. The lowest BCUT2D eigenvalue weighted by atomic mass is 9.87. The van der Waals surface area contributed by atoms with Gasteiger partial charge < -0.3 is 5.32 Å². The molecule has 0 heterocycles. The van der Waals surface area contributed by atoms with Gasteiger partial charge in [0.2, 0.25) is 0 Å². The number of hydrogen-bond donors (Lipinski definition) is 1. The van der Waals surface area contributed by atoms with Crippen LogP contribution in [0.5, 0.6) is 0 Å². The zero-order chi connectivity index (χ0) is 15.3. The minimum atomic E-state index is -4.50. The molecule has 0 spiro atoms. The van der Waals surface area contributed by atoms with Crippen LogP contribution in [0.1, 0.15) is 49.7 Å². The van der Waals surface area contributed by atoms with E-state index in [2.05, 4.69) is 5.32 Å². The molecule has 0 aromatic heterocycles. The monoisotopic (exact) mass is 303 g/mol. The Hall–Kier alpha value is -1.10. The Balaban J connectivity index is 1.81. The smallest absolute Gasteiger partial charge is 0.313 e. The summed E-state index contributed by atoms with van der Waals surface area (Å²) in [5.41, 5.74) is -0.586. The van der Waals surface area contributed by atoms with Crippen molar-refractivity contribution in [2.75, 3.05) is 6.54 Å². The summed E-state index contributed by atoms with van der Waals surface area (Å²) in [6, 6.07) is 2.70. The van der Waals surface area contributed by atoms with Crippen LogP contribution in [0.15, 0.2) is 18.2 Å². The van der Waals surface area contributed by atoms with Crippen molar-refractivity contribution < 1.29 is 17.6 Å². The van der Waals surface area contributed by atoms with Crippen molar-refractivity contribution >= 4 is 0 Å². The van der Waals surface area contributed by atoms with Crippen LogP contribution in [0.3, 0.4) is 0 Å². The third kappa shape index (κ3) is 5.30. The lowest BCUT2D eigenvalue weighted by molar-refractivity contribution is -0.137. The molecule has 1 aliphatic rings. The van der Waals surface area contributed by atoms with Crippen LogP contribution in [0.25, 0.3) is 0 Å². The zero-order valence-electron chi connectivity index (χ0n) is 12.0. The Morgan fingerprint density at radius 3 is 2.43 bits per heavy atom. The second kappa shape index (κ2) is 7.25. The van der Waals surface area contributed by atoms with Crippen molar-refractivity contribution in [3.63, 3.8) is 0 Å². The molecule has 0 atom stereocenters. The van der Waals surface area contributed by atoms with Crippen LogP contribution < -0.4 is 5.32 Å². The first kappa shape index (κ1) is 16.3. The average Bonchev–Trinajstić information content (AvgIpc) is 2.43. The summed E-state index contributed by atoms with van der Waals surface area (Å²) in [5.74, 6) is -0.113. The van der Waals surface area contributed by atoms with Crippen LogP contribution in [-0.4, -0.2) is 6.54 Å². The fourth-order valence-corrected chi connectivity index (χ4v) is 2.93. The van der Waals surface area contributed by atoms with E-state index in [1.54, 1.807) is 0 Å². The standard InChI is InChI=1S/C16H21F4N/c17-15-9-13(8-14(10-15)16(18,19)20)11-21-7-6-12-4-2-1-3-5-12/h8-10,12,21H,1-7,11H2. The first-order valence-electron chi connectivity index (χ1n) is 7.52. The predicted molar refractivity (Wildman–Crippen MR) is 74.3 cm³/mol. The van der Waals surface area contributed by atoms with Gasteiger partial charge in [0.15, 0.2) is 0 Å². The van der Waals surface area contributed by atoms with Gasteiger partial charge in [-0.1, -0.05) is 32.1 Å². The van der Waals surface area contributed by atoms with E-state index in [1.807, 2.05) is 0 Å². The predicted octanol–water partition coefficient (Wildman–Crippen LogP) is 4.90. The molecule has 1 N–H and O–H groups in total. The van der Waals surface area contributed by atoms with Crippen molar-refractivity contribution in [3.8, 4) is 0 Å². The van der Waals surface area contributed by atoms with Gasteiger partial charge in [0.25, 0.3) is 0 Å². The van der Waals surface area contributed by atoms with E-state index in [1.165, 1.54) is 32.1 Å². The molecule has 0 unspecified atom stereocenters. The number of halogens is 4. The van der Waals surface area contributed by atoms with Crippen molar-refractivity contribution in [1.29, 1.82) is 0 Å². The minimum absolute atomic E-state index is 0.271. The molecule has 0 radical (unpaired) electrons. The molecule has 5 heteroatoms. The Morgan fingerprint density at radius 1 is 1.05 bits per heavy atom. The molecule has 1 aromatic rings. The first-order valence-corrected chi connectivity index (χ1v) is 7.52. The lowest BCUT2D eigenvalue weighted by Crippen LogP contribution is -2.19. The molecular formula is C16H21F4N. The summed E-state index contributed by atoms with van der Waals surface area (Å²) < 4.78 is 51.0. The van der Waals surface area contributed by atoms with Gasteiger partial charge in [-0.15, -0.1) is 0 Å². The van der Waals surface area contributed by atoms with E-state index >= 15 is 0 Å². The topological polar surface area (TPSA) is 12.0 Å². The summed E-state index contributed by atoms with van der Waals surface area (Å²) in [7, 11) is 0. The summed E-state index contributed by atoms with van der Waals surface area (Å²) >= 11 is 0. The normalized spacial score (nSPS) is 17.1. The zero-order valence-corrected chi connectivity index (χ0v) is 12.0. The van der Waals surface area contributed by atoms with Crippen LogP contribution in [0, 0.1) is 11.7 Å². The molecule has 0 saturated heterocycles. The van der Waals surface area contributed by atoms with Crippen molar-refractivity contribution in [2.45, 2.75) is 51.2 Å². The maximum absolute atomic E-state index is 13.2. The van der Waals surface area contributed by atoms with E-state index in [0.717, 1.165) is 31.0 Å². The molecule has 0 aliphatic heterocycles. The number of rotatable bonds is 5. The van der Waals surface area contributed by atoms with Gasteiger partial charge in [0, 0.05) is 6.54 Å². The van der Waals surface area contributed by atoms with Crippen LogP contribution >= 0.6 is 0 Å². The summed E-state index contributed by atoms with van der Waals surface area (Å²) in [4.78, 5) is 0. The molecular weight excluding hydrogens is 282 g/mol. The van der Waals surface area contributed by atoms with Crippen LogP contribution in [-0.2, 0) is 12.7 Å². The van der Waals surface area contributed by atoms with E-state index in [9.17, 15) is 17.6 Å². The van der Waals surface area contributed by atoms with Gasteiger partial charge in [-0.3, -0.25) is 0 Å². The molecule has 1 aromatic carbocycles. The Morgan fingerprint density at radius 2 is 1.76 bits per heavy atom. The van der Waals surface area contributed by atoms with Crippen molar-refractivity contribution in [1.82, 2.24) is 5.32 Å². The van der Waals surface area contributed by atoms with Crippen molar-refractivity contribution in [3.05, 3.63) is 35.1 Å². The Labute approximate surface area is 122 Å². The summed E-state index contributed by atoms with van der Waals surface area (Å²) in [6.07, 6.45) is 2.92. The molecule has 0 bridgehead atoms. The molecule has 1 saturated carbocycles. The number of alkyl halides is 3. The van der Waals surface area contributed by atoms with E-state index in [-0.39, 0.29) is 6.54 Å². The fourth-order valence-electron chi connectivity index (χ4n) is 2.93. The van der Waals surface area contributed by atoms with Crippen LogP contribution in [0.4, 0.5) is 17.6 Å². The van der Waals surface area contributed by atoms with E-state index in [0.29, 0.717) is 11.6 Å². The second-order valence-electron chi connectivity index (χ2n) is 5.82. The molecule has 2 rings (SSSR count). The fraction of sp³-hybridized carbons (Fsp3) is 0.625. The average molecular weight is 303 g/mol. The largest absolute Gasteiger partial charge is 0.416 e. The SMILES string of the molecule is Fc1cc(CNCCC2CCCCC2)cc(C(F)(F)F)c1. The lowest BCUT2D eigenvalue weighted by Gasteiger charge is -2.21. The van der Waals surface area contributed by atoms with Crippen molar-refractivity contribution in [2.24, 2.45) is 5.92 Å². The third-order valence-electron chi connectivity index (χ3n) is 4.07. The highest BCUT2D eigenvalue weighted by Gasteiger charge is 2.31. The minimum Gasteiger partial charge on any atom is -0.313 e. The molecule has 0 amide bonds. The third-order valence-corrected chi connectivity index (χ3v) is 4.07. The Bertz CT molecular complexity index is 450. The summed E-state index contributed by atoms with van der Waals surface area (Å²) in [5, 5.41) is 3.12. The Kier molecular flexibility index (Phi) is 5.62. The molecule has 1 fully saturated rings. The van der Waals surface area contributed by atoms with E-state index in [4.69, 9.17) is 0 Å². The second-order valence-corrected chi connectivity index (χ2v) is 5.82. The molecule has 118 valence electrons. The van der Waals surface area contributed by atoms with Gasteiger partial charge in [-0.2, -0.15) is 13.2 Å². The molecule has 1 aliphatic carbocycles. The van der Waals surface area contributed by atoms with Gasteiger partial charge in [-0.05, 0) is 42.6 Å². The highest BCUT2D eigenvalue weighted by atomic mass is 19.4. The van der Waals surface area contributed by atoms with Gasteiger partial charge in [-0.25, -0.2) is 4.39 Å². The van der Waals surface area contributed by atoms with Gasteiger partial charge >= 0.3 is 6.18 Å². The number of benzene rings is 1. The molecule has 21 heavy (non-hydrogen) atoms. The quantitative estimate of drug-likeness (QED) is 0.602. The van der Waals surface area contributed by atoms with E-state index < -0.39 is 17.6 Å². The number of hydrogen-bond acceptors (Lipinski definition) is 1. The maximum atomic E-state index is 13.2. The highest BCUT2D eigenvalue weighted by Crippen LogP contribution is 2.30. The van der Waals surface area contributed by atoms with Crippen LogP contribution in [0.2, 0.25) is 0 Å². The number of nitrogens with one attached hydrogen (secondary N) is 1. The van der Waals surface area contributed by atoms with Gasteiger partial charge in [0.1, 0.15) is 5.82 Å². The molecule has 1 nitrogen and oxygen atoms in total.